The molecule has 0 amide bonds. The molecule has 5 heteroatoms. The highest BCUT2D eigenvalue weighted by atomic mass is 16.3. The number of hydrogen-bond acceptors (Lipinski definition) is 3. The van der Waals surface area contributed by atoms with Crippen LogP contribution >= 0.6 is 0 Å². The largest absolute Gasteiger partial charge is 0.494 e. The van der Waals surface area contributed by atoms with Gasteiger partial charge in [0.1, 0.15) is 5.56 Å². The minimum atomic E-state index is -0.554. The molecule has 2 aromatic rings. The Hall–Kier alpha value is -2.30. The van der Waals surface area contributed by atoms with Crippen molar-refractivity contribution in [3.05, 3.63) is 51.2 Å². The smallest absolute Gasteiger partial charge is 0.331 e. The molecule has 0 aliphatic heterocycles. The molecule has 21 heavy (non-hydrogen) atoms. The maximum absolute atomic E-state index is 12.0. The lowest BCUT2D eigenvalue weighted by atomic mass is 10.1. The molecule has 0 radical (unpaired) electrons. The van der Waals surface area contributed by atoms with Crippen molar-refractivity contribution >= 4 is 0 Å². The first-order chi connectivity index (χ1) is 10.2. The van der Waals surface area contributed by atoms with Crippen LogP contribution in [0, 0.1) is 5.92 Å². The van der Waals surface area contributed by atoms with Crippen LogP contribution in [0.25, 0.3) is 11.1 Å². The highest BCUT2D eigenvalue weighted by Crippen LogP contribution is 2.33. The molecule has 3 rings (SSSR count). The first-order valence-corrected chi connectivity index (χ1v) is 7.28. The van der Waals surface area contributed by atoms with Gasteiger partial charge >= 0.3 is 5.69 Å². The van der Waals surface area contributed by atoms with E-state index in [9.17, 15) is 14.7 Å². The number of aromatic nitrogens is 2. The lowest BCUT2D eigenvalue weighted by Gasteiger charge is -2.11. The van der Waals surface area contributed by atoms with Gasteiger partial charge in [-0.05, 0) is 24.3 Å². The van der Waals surface area contributed by atoms with Crippen LogP contribution < -0.4 is 11.2 Å². The average molecular weight is 286 g/mol. The molecule has 1 saturated carbocycles. The molecule has 110 valence electrons. The minimum absolute atomic E-state index is 0.154. The summed E-state index contributed by atoms with van der Waals surface area (Å²) in [5.41, 5.74) is -0.344. The maximum Gasteiger partial charge on any atom is 0.331 e. The third-order valence-corrected chi connectivity index (χ3v) is 3.93. The molecule has 0 atom stereocenters. The fourth-order valence-corrected chi connectivity index (χ4v) is 2.58. The molecule has 1 aliphatic rings. The van der Waals surface area contributed by atoms with Crippen molar-refractivity contribution in [3.8, 4) is 17.0 Å². The monoisotopic (exact) mass is 286 g/mol. The van der Waals surface area contributed by atoms with E-state index in [0.717, 1.165) is 18.8 Å². The Kier molecular flexibility index (Phi) is 3.64. The van der Waals surface area contributed by atoms with E-state index in [4.69, 9.17) is 0 Å². The highest BCUT2D eigenvalue weighted by molar-refractivity contribution is 5.67. The van der Waals surface area contributed by atoms with Crippen molar-refractivity contribution in [2.24, 2.45) is 5.92 Å². The van der Waals surface area contributed by atoms with E-state index in [2.05, 4.69) is 4.98 Å². The van der Waals surface area contributed by atoms with E-state index in [1.165, 1.54) is 17.4 Å². The normalized spacial score (nSPS) is 14.3. The van der Waals surface area contributed by atoms with Gasteiger partial charge in [-0.25, -0.2) is 4.79 Å². The summed E-state index contributed by atoms with van der Waals surface area (Å²) in [6, 6.07) is 8.89. The summed E-state index contributed by atoms with van der Waals surface area (Å²) in [7, 11) is 0. The summed E-state index contributed by atoms with van der Waals surface area (Å²) >= 11 is 0. The zero-order valence-corrected chi connectivity index (χ0v) is 11.7. The lowest BCUT2D eigenvalue weighted by Crippen LogP contribution is -2.31. The van der Waals surface area contributed by atoms with Crippen LogP contribution in [0.4, 0.5) is 0 Å². The summed E-state index contributed by atoms with van der Waals surface area (Å²) < 4.78 is 1.26. The minimum Gasteiger partial charge on any atom is -0.494 e. The predicted molar refractivity (Wildman–Crippen MR) is 80.4 cm³/mol. The Balaban J connectivity index is 1.96. The summed E-state index contributed by atoms with van der Waals surface area (Å²) in [5.74, 6) is 0.532. The van der Waals surface area contributed by atoms with Crippen LogP contribution in [-0.2, 0) is 6.54 Å². The molecular formula is C16H18N2O3. The zero-order valence-electron chi connectivity index (χ0n) is 11.7. The number of nitrogens with one attached hydrogen (secondary N) is 1. The molecule has 1 heterocycles. The number of aromatic hydroxyl groups is 1. The van der Waals surface area contributed by atoms with Gasteiger partial charge in [0.05, 0.1) is 0 Å². The summed E-state index contributed by atoms with van der Waals surface area (Å²) in [6.07, 6.45) is 4.42. The van der Waals surface area contributed by atoms with Gasteiger partial charge in [0.25, 0.3) is 5.56 Å². The fourth-order valence-electron chi connectivity index (χ4n) is 2.58. The van der Waals surface area contributed by atoms with Gasteiger partial charge in [0, 0.05) is 6.54 Å². The van der Waals surface area contributed by atoms with Gasteiger partial charge in [-0.15, -0.1) is 0 Å². The number of benzene rings is 1. The van der Waals surface area contributed by atoms with Crippen molar-refractivity contribution in [2.75, 3.05) is 0 Å². The second kappa shape index (κ2) is 5.60. The second-order valence-corrected chi connectivity index (χ2v) is 5.56. The molecule has 5 nitrogen and oxygen atoms in total. The third-order valence-electron chi connectivity index (χ3n) is 3.93. The topological polar surface area (TPSA) is 75.1 Å². The molecule has 1 aromatic carbocycles. The van der Waals surface area contributed by atoms with Gasteiger partial charge in [-0.1, -0.05) is 43.2 Å². The standard InChI is InChI=1S/C16H18N2O3/c19-14-13(12-6-2-1-3-7-12)15(20)18(16(21)17-14)10-4-5-11-8-9-11/h1-3,6-7,11,20H,4-5,8-10H2,(H,17,19,21). The fraction of sp³-hybridized carbons (Fsp3) is 0.375. The molecule has 0 spiro atoms. The number of H-pyrrole nitrogens is 1. The van der Waals surface area contributed by atoms with Crippen LogP contribution in [0.2, 0.25) is 0 Å². The Morgan fingerprint density at radius 1 is 1.19 bits per heavy atom. The van der Waals surface area contributed by atoms with Crippen LogP contribution in [-0.4, -0.2) is 14.7 Å². The molecule has 0 bridgehead atoms. The van der Waals surface area contributed by atoms with Gasteiger partial charge < -0.3 is 5.11 Å². The van der Waals surface area contributed by atoms with Crippen molar-refractivity contribution < 1.29 is 5.11 Å². The van der Waals surface area contributed by atoms with Crippen LogP contribution in [0.15, 0.2) is 39.9 Å². The Morgan fingerprint density at radius 3 is 2.57 bits per heavy atom. The quantitative estimate of drug-likeness (QED) is 0.884. The first kappa shape index (κ1) is 13.7. The zero-order chi connectivity index (χ0) is 14.8. The number of hydrogen-bond donors (Lipinski definition) is 2. The van der Waals surface area contributed by atoms with E-state index >= 15 is 0 Å². The van der Waals surface area contributed by atoms with Gasteiger partial charge in [-0.2, -0.15) is 0 Å². The van der Waals surface area contributed by atoms with E-state index < -0.39 is 11.2 Å². The maximum atomic E-state index is 12.0. The van der Waals surface area contributed by atoms with Crippen molar-refractivity contribution in [2.45, 2.75) is 32.2 Å². The summed E-state index contributed by atoms with van der Waals surface area (Å²) in [6.45, 7) is 0.428. The Labute approximate surface area is 121 Å². The first-order valence-electron chi connectivity index (χ1n) is 7.28. The van der Waals surface area contributed by atoms with Gasteiger partial charge in [0.15, 0.2) is 0 Å². The SMILES string of the molecule is O=c1[nH]c(=O)n(CCCC2CC2)c(O)c1-c1ccccc1. The van der Waals surface area contributed by atoms with Crippen LogP contribution in [0.3, 0.4) is 0 Å². The Bertz CT molecular complexity index is 742. The molecule has 1 aromatic heterocycles. The van der Waals surface area contributed by atoms with Gasteiger partial charge in [0.2, 0.25) is 5.88 Å². The average Bonchev–Trinajstić information content (AvgIpc) is 3.27. The van der Waals surface area contributed by atoms with Crippen molar-refractivity contribution in [1.29, 1.82) is 0 Å². The molecule has 1 aliphatic carbocycles. The molecule has 0 unspecified atom stereocenters. The predicted octanol–water partition coefficient (Wildman–Crippen LogP) is 2.10. The molecule has 1 fully saturated rings. The van der Waals surface area contributed by atoms with E-state index in [-0.39, 0.29) is 11.4 Å². The second-order valence-electron chi connectivity index (χ2n) is 5.56. The lowest BCUT2D eigenvalue weighted by molar-refractivity contribution is 0.394. The summed E-state index contributed by atoms with van der Waals surface area (Å²) in [4.78, 5) is 26.2. The van der Waals surface area contributed by atoms with E-state index in [0.29, 0.717) is 12.1 Å². The third kappa shape index (κ3) is 2.91. The van der Waals surface area contributed by atoms with Gasteiger partial charge in [-0.3, -0.25) is 14.3 Å². The number of rotatable bonds is 5. The van der Waals surface area contributed by atoms with Crippen molar-refractivity contribution in [1.82, 2.24) is 9.55 Å². The summed E-state index contributed by atoms with van der Waals surface area (Å²) in [5, 5.41) is 10.3. The van der Waals surface area contributed by atoms with Crippen molar-refractivity contribution in [3.63, 3.8) is 0 Å². The molecule has 0 saturated heterocycles. The highest BCUT2D eigenvalue weighted by Gasteiger charge is 2.21. The molecule has 2 N–H and O–H groups in total. The molecular weight excluding hydrogens is 268 g/mol. The van der Waals surface area contributed by atoms with Crippen LogP contribution in [0.5, 0.6) is 5.88 Å². The van der Waals surface area contributed by atoms with E-state index in [1.807, 2.05) is 6.07 Å². The Morgan fingerprint density at radius 2 is 1.90 bits per heavy atom. The number of nitrogens with zero attached hydrogens (tertiary/aromatic N) is 1. The van der Waals surface area contributed by atoms with Crippen LogP contribution in [0.1, 0.15) is 25.7 Å². The van der Waals surface area contributed by atoms with E-state index in [1.54, 1.807) is 24.3 Å². The number of aromatic amines is 1.